The summed E-state index contributed by atoms with van der Waals surface area (Å²) in [6.07, 6.45) is 3.59. The van der Waals surface area contributed by atoms with E-state index in [2.05, 4.69) is 25.8 Å². The molecule has 0 bridgehead atoms. The largest absolute Gasteiger partial charge is 0.481 e. The number of aliphatic carboxylic acids is 1. The van der Waals surface area contributed by atoms with Crippen molar-refractivity contribution in [3.63, 3.8) is 0 Å². The van der Waals surface area contributed by atoms with Gasteiger partial charge in [-0.25, -0.2) is 4.98 Å². The highest BCUT2D eigenvalue weighted by molar-refractivity contribution is 7.99. The third-order valence-electron chi connectivity index (χ3n) is 1.65. The number of hydrogen-bond donors (Lipinski definition) is 1. The Labute approximate surface area is 93.7 Å². The maximum Gasteiger partial charge on any atom is 0.313 e. The van der Waals surface area contributed by atoms with Gasteiger partial charge in [-0.3, -0.25) is 4.79 Å². The van der Waals surface area contributed by atoms with E-state index in [1.807, 2.05) is 10.8 Å². The topological polar surface area (TPSA) is 55.1 Å². The first-order chi connectivity index (χ1) is 6.88. The summed E-state index contributed by atoms with van der Waals surface area (Å²) in [5.74, 6) is -0.758. The number of carboxylic acid groups (broad SMARTS) is 1. The average Bonchev–Trinajstić information content (AvgIpc) is 2.45. The van der Waals surface area contributed by atoms with Crippen molar-refractivity contribution in [3.8, 4) is 0 Å². The van der Waals surface area contributed by atoms with Gasteiger partial charge in [-0.1, -0.05) is 32.5 Å². The van der Waals surface area contributed by atoms with Gasteiger partial charge in [0.2, 0.25) is 0 Å². The summed E-state index contributed by atoms with van der Waals surface area (Å²) >= 11 is 1.25. The average molecular weight is 228 g/mol. The van der Waals surface area contributed by atoms with E-state index in [0.717, 1.165) is 11.7 Å². The molecule has 1 heterocycles. The molecule has 1 aromatic rings. The van der Waals surface area contributed by atoms with E-state index >= 15 is 0 Å². The van der Waals surface area contributed by atoms with Crippen LogP contribution in [-0.4, -0.2) is 26.4 Å². The monoisotopic (exact) mass is 228 g/mol. The molecule has 1 N–H and O–H groups in total. The van der Waals surface area contributed by atoms with Crippen LogP contribution in [0.2, 0.25) is 0 Å². The molecule has 5 heteroatoms. The van der Waals surface area contributed by atoms with Gasteiger partial charge in [-0.2, -0.15) is 0 Å². The Morgan fingerprint density at radius 3 is 2.80 bits per heavy atom. The van der Waals surface area contributed by atoms with E-state index in [9.17, 15) is 4.79 Å². The van der Waals surface area contributed by atoms with Crippen LogP contribution in [-0.2, 0) is 11.3 Å². The van der Waals surface area contributed by atoms with E-state index in [1.54, 1.807) is 6.20 Å². The van der Waals surface area contributed by atoms with Crippen molar-refractivity contribution in [2.24, 2.45) is 5.41 Å². The number of nitrogens with zero attached hydrogens (tertiary/aromatic N) is 2. The second kappa shape index (κ2) is 4.70. The van der Waals surface area contributed by atoms with Crippen LogP contribution < -0.4 is 0 Å². The minimum Gasteiger partial charge on any atom is -0.481 e. The molecule has 0 saturated heterocycles. The van der Waals surface area contributed by atoms with Crippen LogP contribution in [0.15, 0.2) is 17.6 Å². The predicted octanol–water partition coefficient (Wildman–Crippen LogP) is 2.11. The Morgan fingerprint density at radius 1 is 1.60 bits per heavy atom. The standard InChI is InChI=1S/C10H16N2O2S/c1-10(2,3)7-12-5-4-11-9(12)15-6-8(13)14/h4-5H,6-7H2,1-3H3,(H,13,14). The molecule has 0 spiro atoms. The van der Waals surface area contributed by atoms with E-state index in [-0.39, 0.29) is 11.2 Å². The van der Waals surface area contributed by atoms with E-state index in [0.29, 0.717) is 0 Å². The molecule has 0 radical (unpaired) electrons. The first kappa shape index (κ1) is 12.1. The molecule has 0 fully saturated rings. The molecule has 84 valence electrons. The first-order valence-electron chi connectivity index (χ1n) is 4.74. The van der Waals surface area contributed by atoms with Gasteiger partial charge in [0.05, 0.1) is 5.75 Å². The fourth-order valence-electron chi connectivity index (χ4n) is 1.19. The Bertz CT molecular complexity index is 341. The Hall–Kier alpha value is -0.970. The van der Waals surface area contributed by atoms with Gasteiger partial charge in [0.25, 0.3) is 0 Å². The van der Waals surface area contributed by atoms with Crippen LogP contribution in [0.3, 0.4) is 0 Å². The molecule has 0 saturated carbocycles. The van der Waals surface area contributed by atoms with Gasteiger partial charge in [-0.15, -0.1) is 0 Å². The zero-order chi connectivity index (χ0) is 11.5. The number of aromatic nitrogens is 2. The van der Waals surface area contributed by atoms with E-state index < -0.39 is 5.97 Å². The summed E-state index contributed by atoms with van der Waals surface area (Å²) in [5.41, 5.74) is 0.166. The lowest BCUT2D eigenvalue weighted by atomic mass is 9.97. The fourth-order valence-corrected chi connectivity index (χ4v) is 1.87. The van der Waals surface area contributed by atoms with E-state index in [1.165, 1.54) is 11.8 Å². The van der Waals surface area contributed by atoms with Gasteiger partial charge in [0, 0.05) is 18.9 Å². The maximum atomic E-state index is 10.4. The van der Waals surface area contributed by atoms with Crippen molar-refractivity contribution in [3.05, 3.63) is 12.4 Å². The number of thioether (sulfide) groups is 1. The highest BCUT2D eigenvalue weighted by Crippen LogP contribution is 2.21. The van der Waals surface area contributed by atoms with Gasteiger partial charge in [0.1, 0.15) is 0 Å². The predicted molar refractivity (Wildman–Crippen MR) is 60.0 cm³/mol. The van der Waals surface area contributed by atoms with Gasteiger partial charge in [-0.05, 0) is 5.41 Å². The Kier molecular flexibility index (Phi) is 3.79. The highest BCUT2D eigenvalue weighted by atomic mass is 32.2. The Morgan fingerprint density at radius 2 is 2.27 bits per heavy atom. The molecule has 0 unspecified atom stereocenters. The zero-order valence-electron chi connectivity index (χ0n) is 9.23. The van der Waals surface area contributed by atoms with Crippen molar-refractivity contribution in [2.75, 3.05) is 5.75 Å². The number of carbonyl (C=O) groups is 1. The summed E-state index contributed by atoms with van der Waals surface area (Å²) < 4.78 is 1.99. The van der Waals surface area contributed by atoms with Crippen molar-refractivity contribution < 1.29 is 9.90 Å². The fraction of sp³-hybridized carbons (Fsp3) is 0.600. The first-order valence-corrected chi connectivity index (χ1v) is 5.73. The molecular formula is C10H16N2O2S. The van der Waals surface area contributed by atoms with Crippen LogP contribution in [0.1, 0.15) is 20.8 Å². The minimum atomic E-state index is -0.815. The van der Waals surface area contributed by atoms with Crippen molar-refractivity contribution in [2.45, 2.75) is 32.5 Å². The van der Waals surface area contributed by atoms with Gasteiger partial charge < -0.3 is 9.67 Å². The summed E-state index contributed by atoms with van der Waals surface area (Å²) in [5, 5.41) is 9.35. The van der Waals surface area contributed by atoms with E-state index in [4.69, 9.17) is 5.11 Å². The third kappa shape index (κ3) is 4.38. The summed E-state index contributed by atoms with van der Waals surface area (Å²) in [4.78, 5) is 14.6. The second-order valence-electron chi connectivity index (χ2n) is 4.58. The van der Waals surface area contributed by atoms with Crippen molar-refractivity contribution >= 4 is 17.7 Å². The quantitative estimate of drug-likeness (QED) is 0.802. The normalized spacial score (nSPS) is 11.7. The molecule has 0 aromatic carbocycles. The van der Waals surface area contributed by atoms with Crippen molar-refractivity contribution in [1.82, 2.24) is 9.55 Å². The van der Waals surface area contributed by atoms with Crippen molar-refractivity contribution in [1.29, 1.82) is 0 Å². The molecular weight excluding hydrogens is 212 g/mol. The van der Waals surface area contributed by atoms with Crippen LogP contribution in [0, 0.1) is 5.41 Å². The lowest BCUT2D eigenvalue weighted by Crippen LogP contribution is -2.15. The summed E-state index contributed by atoms with van der Waals surface area (Å²) in [6.45, 7) is 7.25. The second-order valence-corrected chi connectivity index (χ2v) is 5.52. The molecule has 0 aliphatic carbocycles. The van der Waals surface area contributed by atoms with Crippen LogP contribution in [0.5, 0.6) is 0 Å². The maximum absolute atomic E-state index is 10.4. The molecule has 0 amide bonds. The summed E-state index contributed by atoms with van der Waals surface area (Å²) in [7, 11) is 0. The number of carboxylic acids is 1. The number of imidazole rings is 1. The van der Waals surface area contributed by atoms with Crippen LogP contribution in [0.25, 0.3) is 0 Å². The summed E-state index contributed by atoms with van der Waals surface area (Å²) in [6, 6.07) is 0. The third-order valence-corrected chi connectivity index (χ3v) is 2.64. The molecule has 0 aliphatic heterocycles. The number of rotatable bonds is 4. The van der Waals surface area contributed by atoms with Crippen LogP contribution >= 0.6 is 11.8 Å². The smallest absolute Gasteiger partial charge is 0.313 e. The molecule has 1 rings (SSSR count). The Balaban J connectivity index is 2.65. The molecule has 4 nitrogen and oxygen atoms in total. The highest BCUT2D eigenvalue weighted by Gasteiger charge is 2.14. The zero-order valence-corrected chi connectivity index (χ0v) is 10.0. The molecule has 0 atom stereocenters. The lowest BCUT2D eigenvalue weighted by molar-refractivity contribution is -0.133. The molecule has 15 heavy (non-hydrogen) atoms. The van der Waals surface area contributed by atoms with Gasteiger partial charge in [0.15, 0.2) is 5.16 Å². The SMILES string of the molecule is CC(C)(C)Cn1ccnc1SCC(=O)O. The molecule has 0 aliphatic rings. The minimum absolute atomic E-state index is 0.0567. The molecule has 1 aromatic heterocycles. The lowest BCUT2D eigenvalue weighted by Gasteiger charge is -2.19. The van der Waals surface area contributed by atoms with Crippen LogP contribution in [0.4, 0.5) is 0 Å². The van der Waals surface area contributed by atoms with Gasteiger partial charge >= 0.3 is 5.97 Å². The number of hydrogen-bond acceptors (Lipinski definition) is 3.